The van der Waals surface area contributed by atoms with E-state index in [1.807, 2.05) is 18.2 Å². The lowest BCUT2D eigenvalue weighted by Gasteiger charge is -2.09. The van der Waals surface area contributed by atoms with Gasteiger partial charge in [0.2, 0.25) is 5.91 Å². The lowest BCUT2D eigenvalue weighted by molar-refractivity contribution is -0.121. The smallest absolute Gasteiger partial charge is 0.234 e. The Morgan fingerprint density at radius 3 is 2.82 bits per heavy atom. The van der Waals surface area contributed by atoms with Gasteiger partial charge in [0, 0.05) is 12.8 Å². The fraction of sp³-hybridized carbons (Fsp3) is 0.417. The van der Waals surface area contributed by atoms with E-state index in [9.17, 15) is 4.79 Å². The molecule has 0 unspecified atom stereocenters. The highest BCUT2D eigenvalue weighted by Gasteiger charge is 2.10. The summed E-state index contributed by atoms with van der Waals surface area (Å²) in [5.41, 5.74) is 3.15. The molecular formula is C12H16N2O3. The summed E-state index contributed by atoms with van der Waals surface area (Å²) in [6.45, 7) is 1.35. The van der Waals surface area contributed by atoms with Gasteiger partial charge in [-0.25, -0.2) is 5.84 Å². The van der Waals surface area contributed by atoms with Crippen molar-refractivity contribution in [2.45, 2.75) is 19.3 Å². The van der Waals surface area contributed by atoms with Crippen molar-refractivity contribution < 1.29 is 14.3 Å². The van der Waals surface area contributed by atoms with Gasteiger partial charge in [0.25, 0.3) is 0 Å². The van der Waals surface area contributed by atoms with Crippen molar-refractivity contribution in [1.29, 1.82) is 0 Å². The van der Waals surface area contributed by atoms with Gasteiger partial charge in [-0.05, 0) is 24.1 Å². The molecular weight excluding hydrogens is 220 g/mol. The molecule has 0 saturated carbocycles. The van der Waals surface area contributed by atoms with Gasteiger partial charge in [0.15, 0.2) is 11.5 Å². The van der Waals surface area contributed by atoms with Crippen molar-refractivity contribution in [1.82, 2.24) is 5.43 Å². The predicted octanol–water partition coefficient (Wildman–Crippen LogP) is 0.770. The number of ether oxygens (including phenoxy) is 2. The van der Waals surface area contributed by atoms with Crippen molar-refractivity contribution in [3.05, 3.63) is 23.8 Å². The van der Waals surface area contributed by atoms with Crippen LogP contribution in [0.5, 0.6) is 11.5 Å². The third-order valence-corrected chi connectivity index (χ3v) is 2.61. The second-order valence-electron chi connectivity index (χ2n) is 3.90. The Morgan fingerprint density at radius 1 is 1.29 bits per heavy atom. The topological polar surface area (TPSA) is 73.6 Å². The van der Waals surface area contributed by atoms with Gasteiger partial charge in [-0.2, -0.15) is 0 Å². The van der Waals surface area contributed by atoms with Crippen molar-refractivity contribution >= 4 is 5.91 Å². The number of hydrogen-bond donors (Lipinski definition) is 2. The molecule has 0 atom stereocenters. The van der Waals surface area contributed by atoms with Crippen LogP contribution in [0, 0.1) is 0 Å². The number of fused-ring (bicyclic) bond motifs is 1. The molecule has 5 nitrogen and oxygen atoms in total. The van der Waals surface area contributed by atoms with E-state index in [1.54, 1.807) is 0 Å². The van der Waals surface area contributed by atoms with Crippen LogP contribution in [0.15, 0.2) is 18.2 Å². The largest absolute Gasteiger partial charge is 0.490 e. The molecule has 0 spiro atoms. The maximum Gasteiger partial charge on any atom is 0.234 e. The zero-order valence-corrected chi connectivity index (χ0v) is 9.57. The zero-order chi connectivity index (χ0) is 12.1. The van der Waals surface area contributed by atoms with Crippen LogP contribution >= 0.6 is 0 Å². The van der Waals surface area contributed by atoms with Gasteiger partial charge >= 0.3 is 0 Å². The van der Waals surface area contributed by atoms with Crippen LogP contribution in [0.1, 0.15) is 18.4 Å². The Kier molecular flexibility index (Phi) is 3.82. The summed E-state index contributed by atoms with van der Waals surface area (Å²) < 4.78 is 11.1. The van der Waals surface area contributed by atoms with Crippen molar-refractivity contribution in [3.63, 3.8) is 0 Å². The summed E-state index contributed by atoms with van der Waals surface area (Å²) in [6.07, 6.45) is 1.90. The van der Waals surface area contributed by atoms with Gasteiger partial charge in [-0.15, -0.1) is 0 Å². The van der Waals surface area contributed by atoms with Crippen LogP contribution in [0.25, 0.3) is 0 Å². The van der Waals surface area contributed by atoms with Gasteiger partial charge in [-0.3, -0.25) is 10.2 Å². The van der Waals surface area contributed by atoms with E-state index < -0.39 is 0 Å². The van der Waals surface area contributed by atoms with E-state index in [-0.39, 0.29) is 5.91 Å². The first-order chi connectivity index (χ1) is 8.29. The molecule has 1 heterocycles. The molecule has 0 aromatic heterocycles. The summed E-state index contributed by atoms with van der Waals surface area (Å²) in [7, 11) is 0. The molecule has 17 heavy (non-hydrogen) atoms. The zero-order valence-electron chi connectivity index (χ0n) is 9.57. The van der Waals surface area contributed by atoms with Gasteiger partial charge in [0.05, 0.1) is 13.2 Å². The number of hydrazine groups is 1. The SMILES string of the molecule is NNC(=O)CCc1ccc2c(c1)OCCCO2. The number of nitrogens with one attached hydrogen (secondary N) is 1. The molecule has 0 radical (unpaired) electrons. The van der Waals surface area contributed by atoms with E-state index in [0.717, 1.165) is 23.5 Å². The Bertz CT molecular complexity index is 407. The first-order valence-electron chi connectivity index (χ1n) is 5.67. The Morgan fingerprint density at radius 2 is 2.06 bits per heavy atom. The second kappa shape index (κ2) is 5.54. The molecule has 92 valence electrons. The molecule has 0 aliphatic carbocycles. The van der Waals surface area contributed by atoms with E-state index in [4.69, 9.17) is 15.3 Å². The van der Waals surface area contributed by atoms with Crippen LogP contribution in [0.2, 0.25) is 0 Å². The molecule has 1 amide bonds. The fourth-order valence-corrected chi connectivity index (χ4v) is 1.69. The summed E-state index contributed by atoms with van der Waals surface area (Å²) in [4.78, 5) is 11.0. The molecule has 0 saturated heterocycles. The van der Waals surface area contributed by atoms with Crippen molar-refractivity contribution in [2.24, 2.45) is 5.84 Å². The molecule has 5 heteroatoms. The minimum absolute atomic E-state index is 0.169. The van der Waals surface area contributed by atoms with E-state index >= 15 is 0 Å². The minimum atomic E-state index is -0.169. The predicted molar refractivity (Wildman–Crippen MR) is 62.7 cm³/mol. The minimum Gasteiger partial charge on any atom is -0.490 e. The number of amides is 1. The summed E-state index contributed by atoms with van der Waals surface area (Å²) in [5.74, 6) is 6.38. The molecule has 3 N–H and O–H groups in total. The molecule has 1 aromatic carbocycles. The first-order valence-corrected chi connectivity index (χ1v) is 5.67. The molecule has 1 aromatic rings. The maximum atomic E-state index is 11.0. The third-order valence-electron chi connectivity index (χ3n) is 2.61. The maximum absolute atomic E-state index is 11.0. The normalized spacial score (nSPS) is 13.9. The lowest BCUT2D eigenvalue weighted by Crippen LogP contribution is -2.30. The van der Waals surface area contributed by atoms with Crippen LogP contribution in [-0.2, 0) is 11.2 Å². The number of carbonyl (C=O) groups excluding carboxylic acids is 1. The number of rotatable bonds is 3. The van der Waals surface area contributed by atoms with Crippen LogP contribution < -0.4 is 20.7 Å². The molecule has 0 fully saturated rings. The highest BCUT2D eigenvalue weighted by atomic mass is 16.5. The standard InChI is InChI=1S/C12H16N2O3/c13-14-12(15)5-3-9-2-4-10-11(8-9)17-7-1-6-16-10/h2,4,8H,1,3,5-7,13H2,(H,14,15). The third kappa shape index (κ3) is 3.10. The quantitative estimate of drug-likeness (QED) is 0.462. The Hall–Kier alpha value is -1.75. The summed E-state index contributed by atoms with van der Waals surface area (Å²) in [5, 5.41) is 0. The highest BCUT2D eigenvalue weighted by Crippen LogP contribution is 2.30. The Balaban J connectivity index is 2.04. The summed E-state index contributed by atoms with van der Waals surface area (Å²) in [6, 6.07) is 5.75. The molecule has 0 bridgehead atoms. The van der Waals surface area contributed by atoms with E-state index in [1.165, 1.54) is 0 Å². The van der Waals surface area contributed by atoms with Crippen LogP contribution in [-0.4, -0.2) is 19.1 Å². The van der Waals surface area contributed by atoms with Crippen LogP contribution in [0.4, 0.5) is 0 Å². The summed E-state index contributed by atoms with van der Waals surface area (Å²) >= 11 is 0. The molecule has 2 rings (SSSR count). The highest BCUT2D eigenvalue weighted by molar-refractivity contribution is 5.75. The van der Waals surface area contributed by atoms with Gasteiger partial charge in [-0.1, -0.05) is 6.07 Å². The molecule has 1 aliphatic rings. The average molecular weight is 236 g/mol. The number of benzene rings is 1. The van der Waals surface area contributed by atoms with Crippen molar-refractivity contribution in [3.8, 4) is 11.5 Å². The first kappa shape index (κ1) is 11.7. The van der Waals surface area contributed by atoms with Gasteiger partial charge in [0.1, 0.15) is 0 Å². The van der Waals surface area contributed by atoms with Crippen molar-refractivity contribution in [2.75, 3.05) is 13.2 Å². The number of hydrogen-bond acceptors (Lipinski definition) is 4. The van der Waals surface area contributed by atoms with Crippen LogP contribution in [0.3, 0.4) is 0 Å². The monoisotopic (exact) mass is 236 g/mol. The lowest BCUT2D eigenvalue weighted by atomic mass is 10.1. The van der Waals surface area contributed by atoms with E-state index in [0.29, 0.717) is 26.1 Å². The van der Waals surface area contributed by atoms with E-state index in [2.05, 4.69) is 5.43 Å². The number of nitrogens with two attached hydrogens (primary N) is 1. The fourth-order valence-electron chi connectivity index (χ4n) is 1.69. The average Bonchev–Trinajstić information content (AvgIpc) is 2.60. The Labute approximate surface area is 99.9 Å². The number of aryl methyl sites for hydroxylation is 1. The number of carbonyl (C=O) groups is 1. The molecule has 1 aliphatic heterocycles. The van der Waals surface area contributed by atoms with Gasteiger partial charge < -0.3 is 9.47 Å². The second-order valence-corrected chi connectivity index (χ2v) is 3.90.